The fraction of sp³-hybridized carbons (Fsp3) is 0.714. The molecule has 3 unspecified atom stereocenters. The summed E-state index contributed by atoms with van der Waals surface area (Å²) in [4.78, 5) is 43.8. The lowest BCUT2D eigenvalue weighted by atomic mass is 10.0. The molecule has 1 saturated heterocycles. The molecule has 1 aliphatic heterocycles. The summed E-state index contributed by atoms with van der Waals surface area (Å²) in [5, 5.41) is 0. The first-order valence-corrected chi connectivity index (χ1v) is 9.43. The quantitative estimate of drug-likeness (QED) is 0.612. The monoisotopic (exact) mass is 374 g/mol. The summed E-state index contributed by atoms with van der Waals surface area (Å²) in [6.45, 7) is 3.30. The number of H-pyrrole nitrogens is 1. The molecular weight excluding hydrogens is 355 g/mol. The van der Waals surface area contributed by atoms with E-state index in [4.69, 9.17) is 23.8 Å². The standard InChI is InChI=1S/C14H19N2O8P/c1-13(2)23-10-9(16-4-3-8(17)15-12(16)18)7-5-14(7,11(10)24-13)6-22-25(19,20)21/h3-4,7,9-11H,5-6H2,1-2H3,(H,15,17,18)(H2,19,20,21)/t7-,9?,10?,11?,14+/m1/s1. The number of nitrogens with zero attached hydrogens (tertiary/aromatic N) is 1. The van der Waals surface area contributed by atoms with E-state index in [9.17, 15) is 14.2 Å². The minimum atomic E-state index is -4.62. The van der Waals surface area contributed by atoms with Gasteiger partial charge in [0.1, 0.15) is 6.10 Å². The van der Waals surface area contributed by atoms with Crippen molar-refractivity contribution in [2.24, 2.45) is 11.3 Å². The SMILES string of the molecule is CC1(C)OC2C(n3ccc(=O)[nH]c3=O)[C@H]3C[C@@]3(COP(=O)(O)O)C2O1. The number of aromatic nitrogens is 2. The van der Waals surface area contributed by atoms with Crippen LogP contribution in [0.1, 0.15) is 26.3 Å². The molecule has 0 radical (unpaired) electrons. The number of fused-ring (bicyclic) bond motifs is 3. The molecule has 0 aromatic carbocycles. The van der Waals surface area contributed by atoms with Crippen LogP contribution in [-0.2, 0) is 18.6 Å². The largest absolute Gasteiger partial charge is 0.469 e. The maximum atomic E-state index is 12.2. The van der Waals surface area contributed by atoms with Crippen molar-refractivity contribution < 1.29 is 28.3 Å². The van der Waals surface area contributed by atoms with Gasteiger partial charge in [-0.15, -0.1) is 0 Å². The Labute approximate surface area is 142 Å². The number of aromatic amines is 1. The minimum Gasteiger partial charge on any atom is -0.344 e. The molecule has 3 N–H and O–H groups in total. The van der Waals surface area contributed by atoms with E-state index in [1.54, 1.807) is 13.8 Å². The van der Waals surface area contributed by atoms with Crippen molar-refractivity contribution in [3.63, 3.8) is 0 Å². The first-order chi connectivity index (χ1) is 11.5. The highest BCUT2D eigenvalue weighted by molar-refractivity contribution is 7.46. The Bertz CT molecular complexity index is 872. The van der Waals surface area contributed by atoms with Gasteiger partial charge in [-0.2, -0.15) is 0 Å². The molecule has 5 atom stereocenters. The predicted octanol–water partition coefficient (Wildman–Crippen LogP) is -0.273. The summed E-state index contributed by atoms with van der Waals surface area (Å²) in [6.07, 6.45) is 1.07. The Kier molecular flexibility index (Phi) is 3.51. The molecule has 0 spiro atoms. The van der Waals surface area contributed by atoms with Gasteiger partial charge in [-0.05, 0) is 26.2 Å². The van der Waals surface area contributed by atoms with Crippen molar-refractivity contribution in [3.8, 4) is 0 Å². The number of hydrogen-bond acceptors (Lipinski definition) is 6. The van der Waals surface area contributed by atoms with Crippen LogP contribution in [0.15, 0.2) is 21.9 Å². The Balaban J connectivity index is 1.71. The van der Waals surface area contributed by atoms with Gasteiger partial charge in [0.05, 0.1) is 18.8 Å². The molecule has 3 aliphatic rings. The smallest absolute Gasteiger partial charge is 0.344 e. The molecule has 0 bridgehead atoms. The van der Waals surface area contributed by atoms with E-state index < -0.39 is 48.5 Å². The summed E-state index contributed by atoms with van der Waals surface area (Å²) < 4.78 is 29.2. The van der Waals surface area contributed by atoms with Crippen molar-refractivity contribution in [2.75, 3.05) is 6.61 Å². The molecule has 10 nitrogen and oxygen atoms in total. The molecule has 2 aliphatic carbocycles. The molecule has 4 rings (SSSR count). The van der Waals surface area contributed by atoms with Gasteiger partial charge in [0, 0.05) is 17.7 Å². The van der Waals surface area contributed by atoms with Crippen LogP contribution >= 0.6 is 7.82 Å². The van der Waals surface area contributed by atoms with Crippen LogP contribution < -0.4 is 11.2 Å². The second-order valence-electron chi connectivity index (χ2n) is 7.34. The Hall–Kier alpha value is -1.29. The number of hydrogen-bond donors (Lipinski definition) is 3. The maximum absolute atomic E-state index is 12.2. The molecule has 25 heavy (non-hydrogen) atoms. The second-order valence-corrected chi connectivity index (χ2v) is 8.58. The zero-order valence-electron chi connectivity index (χ0n) is 13.6. The first kappa shape index (κ1) is 17.1. The summed E-state index contributed by atoms with van der Waals surface area (Å²) >= 11 is 0. The Morgan fingerprint density at radius 1 is 1.40 bits per heavy atom. The van der Waals surface area contributed by atoms with Crippen LogP contribution in [0, 0.1) is 11.3 Å². The van der Waals surface area contributed by atoms with Gasteiger partial charge in [-0.25, -0.2) is 9.36 Å². The van der Waals surface area contributed by atoms with E-state index in [0.29, 0.717) is 6.42 Å². The molecule has 2 saturated carbocycles. The lowest BCUT2D eigenvalue weighted by Crippen LogP contribution is -2.39. The maximum Gasteiger partial charge on any atom is 0.469 e. The zero-order chi connectivity index (χ0) is 18.2. The number of nitrogens with one attached hydrogen (secondary N) is 1. The van der Waals surface area contributed by atoms with E-state index in [-0.39, 0.29) is 12.5 Å². The molecule has 2 heterocycles. The summed E-state index contributed by atoms with van der Waals surface area (Å²) in [7, 11) is -4.62. The topological polar surface area (TPSA) is 140 Å². The fourth-order valence-electron chi connectivity index (χ4n) is 4.32. The van der Waals surface area contributed by atoms with Gasteiger partial charge in [0.2, 0.25) is 0 Å². The highest BCUT2D eigenvalue weighted by atomic mass is 31.2. The third kappa shape index (κ3) is 2.73. The average Bonchev–Trinajstić information content (AvgIpc) is 3.02. The van der Waals surface area contributed by atoms with E-state index in [2.05, 4.69) is 4.98 Å². The Morgan fingerprint density at radius 2 is 2.12 bits per heavy atom. The zero-order valence-corrected chi connectivity index (χ0v) is 14.5. The van der Waals surface area contributed by atoms with Crippen LogP contribution in [0.4, 0.5) is 0 Å². The summed E-state index contributed by atoms with van der Waals surface area (Å²) in [6, 6.07) is 0.850. The van der Waals surface area contributed by atoms with E-state index >= 15 is 0 Å². The molecule has 0 amide bonds. The summed E-state index contributed by atoms with van der Waals surface area (Å²) in [5.74, 6) is -0.990. The van der Waals surface area contributed by atoms with Gasteiger partial charge in [-0.1, -0.05) is 0 Å². The van der Waals surface area contributed by atoms with Gasteiger partial charge in [0.25, 0.3) is 5.56 Å². The molecule has 1 aromatic rings. The summed E-state index contributed by atoms with van der Waals surface area (Å²) in [5.41, 5.74) is -1.67. The van der Waals surface area contributed by atoms with E-state index in [1.165, 1.54) is 16.8 Å². The minimum absolute atomic E-state index is 0.103. The van der Waals surface area contributed by atoms with Crippen molar-refractivity contribution in [3.05, 3.63) is 33.1 Å². The van der Waals surface area contributed by atoms with Crippen LogP contribution in [0.2, 0.25) is 0 Å². The van der Waals surface area contributed by atoms with Crippen molar-refractivity contribution in [1.29, 1.82) is 0 Å². The average molecular weight is 374 g/mol. The third-order valence-corrected chi connectivity index (χ3v) is 5.76. The number of phosphoric ester groups is 1. The van der Waals surface area contributed by atoms with Crippen molar-refractivity contribution in [2.45, 2.75) is 44.3 Å². The van der Waals surface area contributed by atoms with Crippen LogP contribution in [-0.4, -0.2) is 43.9 Å². The second kappa shape index (κ2) is 5.12. The number of ether oxygens (including phenoxy) is 2. The molecule has 11 heteroatoms. The third-order valence-electron chi connectivity index (χ3n) is 5.30. The predicted molar refractivity (Wildman–Crippen MR) is 82.7 cm³/mol. The lowest BCUT2D eigenvalue weighted by molar-refractivity contribution is -0.163. The van der Waals surface area contributed by atoms with E-state index in [1.807, 2.05) is 0 Å². The van der Waals surface area contributed by atoms with Crippen molar-refractivity contribution in [1.82, 2.24) is 9.55 Å². The fourth-order valence-corrected chi connectivity index (χ4v) is 4.73. The number of rotatable bonds is 4. The molecular formula is C14H19N2O8P. The van der Waals surface area contributed by atoms with E-state index in [0.717, 1.165) is 0 Å². The first-order valence-electron chi connectivity index (χ1n) is 7.90. The van der Waals surface area contributed by atoms with Gasteiger partial charge < -0.3 is 19.3 Å². The van der Waals surface area contributed by atoms with Gasteiger partial charge in [-0.3, -0.25) is 18.9 Å². The van der Waals surface area contributed by atoms with Gasteiger partial charge in [0.15, 0.2) is 5.79 Å². The highest BCUT2D eigenvalue weighted by Gasteiger charge is 2.76. The van der Waals surface area contributed by atoms with Crippen LogP contribution in [0.5, 0.6) is 0 Å². The molecule has 138 valence electrons. The van der Waals surface area contributed by atoms with Crippen LogP contribution in [0.3, 0.4) is 0 Å². The van der Waals surface area contributed by atoms with Crippen molar-refractivity contribution >= 4 is 7.82 Å². The number of phosphoric acid groups is 1. The highest BCUT2D eigenvalue weighted by Crippen LogP contribution is 2.71. The normalized spacial score (nSPS) is 38.4. The Morgan fingerprint density at radius 3 is 2.76 bits per heavy atom. The molecule has 1 aromatic heterocycles. The molecule has 3 fully saturated rings. The van der Waals surface area contributed by atoms with Gasteiger partial charge >= 0.3 is 13.5 Å². The van der Waals surface area contributed by atoms with Crippen LogP contribution in [0.25, 0.3) is 0 Å². The lowest BCUT2D eigenvalue weighted by Gasteiger charge is -2.24.